The molecular formula is C23H22N2O5. The molecule has 2 aromatic rings. The van der Waals surface area contributed by atoms with Crippen LogP contribution in [-0.4, -0.2) is 53.9 Å². The van der Waals surface area contributed by atoms with Gasteiger partial charge in [0.05, 0.1) is 11.1 Å². The van der Waals surface area contributed by atoms with Crippen LogP contribution in [0.25, 0.3) is 0 Å². The molecule has 3 heterocycles. The van der Waals surface area contributed by atoms with E-state index in [-0.39, 0.29) is 37.0 Å². The van der Waals surface area contributed by atoms with Crippen LogP contribution in [0.4, 0.5) is 0 Å². The fourth-order valence-corrected chi connectivity index (χ4v) is 4.41. The maximum absolute atomic E-state index is 12.7. The lowest BCUT2D eigenvalue weighted by molar-refractivity contribution is -0.130. The van der Waals surface area contributed by atoms with Gasteiger partial charge < -0.3 is 14.4 Å². The Bertz CT molecular complexity index is 999. The van der Waals surface area contributed by atoms with Gasteiger partial charge in [0.1, 0.15) is 0 Å². The van der Waals surface area contributed by atoms with Crippen LogP contribution in [0.2, 0.25) is 0 Å². The summed E-state index contributed by atoms with van der Waals surface area (Å²) in [6.07, 6.45) is 1.69. The highest BCUT2D eigenvalue weighted by molar-refractivity contribution is 6.21. The van der Waals surface area contributed by atoms with E-state index in [2.05, 4.69) is 0 Å². The minimum atomic E-state index is -0.271. The van der Waals surface area contributed by atoms with Gasteiger partial charge in [0.15, 0.2) is 11.5 Å². The average Bonchev–Trinajstić information content (AvgIpc) is 3.49. The van der Waals surface area contributed by atoms with Gasteiger partial charge in [-0.2, -0.15) is 0 Å². The molecule has 5 rings (SSSR count). The lowest BCUT2D eigenvalue weighted by Crippen LogP contribution is -2.33. The molecule has 3 amide bonds. The molecule has 1 saturated heterocycles. The summed E-state index contributed by atoms with van der Waals surface area (Å²) in [5, 5.41) is 0. The first-order valence-corrected chi connectivity index (χ1v) is 10.2. The van der Waals surface area contributed by atoms with E-state index in [1.807, 2.05) is 23.1 Å². The number of hydrogen-bond donors (Lipinski definition) is 0. The third-order valence-electron chi connectivity index (χ3n) is 6.06. The van der Waals surface area contributed by atoms with Gasteiger partial charge in [-0.1, -0.05) is 18.2 Å². The van der Waals surface area contributed by atoms with Crippen molar-refractivity contribution in [1.29, 1.82) is 0 Å². The van der Waals surface area contributed by atoms with Gasteiger partial charge in [0, 0.05) is 32.0 Å². The normalized spacial score (nSPS) is 19.5. The predicted molar refractivity (Wildman–Crippen MR) is 108 cm³/mol. The van der Waals surface area contributed by atoms with E-state index >= 15 is 0 Å². The number of ether oxygens (including phenoxy) is 2. The molecule has 0 aliphatic carbocycles. The Morgan fingerprint density at radius 1 is 1.00 bits per heavy atom. The number of benzene rings is 2. The molecule has 0 saturated carbocycles. The van der Waals surface area contributed by atoms with E-state index in [0.29, 0.717) is 37.1 Å². The molecule has 2 aromatic carbocycles. The lowest BCUT2D eigenvalue weighted by atomic mass is 9.98. The zero-order valence-electron chi connectivity index (χ0n) is 16.5. The largest absolute Gasteiger partial charge is 0.454 e. The molecule has 154 valence electrons. The zero-order valence-corrected chi connectivity index (χ0v) is 16.5. The number of nitrogens with zero attached hydrogens (tertiary/aromatic N) is 2. The predicted octanol–water partition coefficient (Wildman–Crippen LogP) is 2.81. The summed E-state index contributed by atoms with van der Waals surface area (Å²) in [7, 11) is 0. The average molecular weight is 406 g/mol. The van der Waals surface area contributed by atoms with E-state index < -0.39 is 0 Å². The smallest absolute Gasteiger partial charge is 0.261 e. The molecule has 0 radical (unpaired) electrons. The number of likely N-dealkylation sites (tertiary alicyclic amines) is 1. The second kappa shape index (κ2) is 7.48. The van der Waals surface area contributed by atoms with Crippen LogP contribution in [0.1, 0.15) is 51.5 Å². The second-order valence-corrected chi connectivity index (χ2v) is 7.85. The van der Waals surface area contributed by atoms with E-state index in [0.717, 1.165) is 23.5 Å². The maximum atomic E-state index is 12.7. The Balaban J connectivity index is 1.14. The van der Waals surface area contributed by atoms with E-state index in [9.17, 15) is 14.4 Å². The fraction of sp³-hybridized carbons (Fsp3) is 0.348. The summed E-state index contributed by atoms with van der Waals surface area (Å²) < 4.78 is 10.8. The van der Waals surface area contributed by atoms with Gasteiger partial charge in [0.25, 0.3) is 11.8 Å². The summed E-state index contributed by atoms with van der Waals surface area (Å²) >= 11 is 0. The van der Waals surface area contributed by atoms with E-state index in [1.54, 1.807) is 24.3 Å². The van der Waals surface area contributed by atoms with E-state index in [4.69, 9.17) is 9.47 Å². The molecule has 3 aliphatic rings. The number of rotatable bonds is 5. The maximum Gasteiger partial charge on any atom is 0.261 e. The van der Waals surface area contributed by atoms with Gasteiger partial charge >= 0.3 is 0 Å². The Kier molecular flexibility index (Phi) is 4.65. The van der Waals surface area contributed by atoms with Crippen molar-refractivity contribution >= 4 is 17.7 Å². The topological polar surface area (TPSA) is 76.2 Å². The highest BCUT2D eigenvalue weighted by atomic mass is 16.7. The first-order chi connectivity index (χ1) is 14.6. The van der Waals surface area contributed by atoms with Gasteiger partial charge in [-0.15, -0.1) is 0 Å². The van der Waals surface area contributed by atoms with Crippen LogP contribution < -0.4 is 9.47 Å². The van der Waals surface area contributed by atoms with Crippen molar-refractivity contribution in [2.24, 2.45) is 0 Å². The van der Waals surface area contributed by atoms with Gasteiger partial charge in [-0.05, 0) is 42.7 Å². The Hall–Kier alpha value is -3.35. The van der Waals surface area contributed by atoms with Crippen LogP contribution in [0.3, 0.4) is 0 Å². The minimum absolute atomic E-state index is 0.0647. The zero-order chi connectivity index (χ0) is 20.7. The molecule has 0 spiro atoms. The molecule has 3 aliphatic heterocycles. The van der Waals surface area contributed by atoms with Crippen LogP contribution in [0.15, 0.2) is 42.5 Å². The summed E-state index contributed by atoms with van der Waals surface area (Å²) in [5.74, 6) is 1.32. The lowest BCUT2D eigenvalue weighted by Gasteiger charge is -2.18. The summed E-state index contributed by atoms with van der Waals surface area (Å²) in [6.45, 7) is 1.90. The van der Waals surface area contributed by atoms with E-state index in [1.165, 1.54) is 4.90 Å². The summed E-state index contributed by atoms with van der Waals surface area (Å²) in [6, 6.07) is 12.8. The SMILES string of the molecule is O=C(CCCN1C(=O)c2ccccc2C1=O)N1CCC(c2ccc3c(c2)OCO3)C1. The molecule has 7 heteroatoms. The van der Waals surface area contributed by atoms with Crippen LogP contribution >= 0.6 is 0 Å². The van der Waals surface area contributed by atoms with Crippen LogP contribution in [0.5, 0.6) is 11.5 Å². The van der Waals surface area contributed by atoms with Crippen molar-refractivity contribution in [2.45, 2.75) is 25.2 Å². The quantitative estimate of drug-likeness (QED) is 0.714. The third kappa shape index (κ3) is 3.20. The Morgan fingerprint density at radius 3 is 2.50 bits per heavy atom. The highest BCUT2D eigenvalue weighted by Gasteiger charge is 2.35. The number of carbonyl (C=O) groups is 3. The number of amides is 3. The molecule has 30 heavy (non-hydrogen) atoms. The third-order valence-corrected chi connectivity index (χ3v) is 6.06. The molecule has 0 N–H and O–H groups in total. The molecule has 1 unspecified atom stereocenters. The highest BCUT2D eigenvalue weighted by Crippen LogP contribution is 2.37. The Labute approximate surface area is 174 Å². The molecule has 0 aromatic heterocycles. The van der Waals surface area contributed by atoms with Crippen molar-refractivity contribution in [3.05, 3.63) is 59.2 Å². The standard InChI is InChI=1S/C23H22N2O5/c26-21(6-3-10-25-22(27)17-4-1-2-5-18(17)23(25)28)24-11-9-16(13-24)15-7-8-19-20(12-15)30-14-29-19/h1-2,4-5,7-8,12,16H,3,6,9-11,13-14H2. The number of carbonyl (C=O) groups excluding carboxylic acids is 3. The second-order valence-electron chi connectivity index (χ2n) is 7.85. The molecule has 1 atom stereocenters. The Morgan fingerprint density at radius 2 is 1.73 bits per heavy atom. The van der Waals surface area contributed by atoms with Crippen LogP contribution in [-0.2, 0) is 4.79 Å². The first-order valence-electron chi connectivity index (χ1n) is 10.2. The molecule has 7 nitrogen and oxygen atoms in total. The fourth-order valence-electron chi connectivity index (χ4n) is 4.41. The molecule has 1 fully saturated rings. The summed E-state index contributed by atoms with van der Waals surface area (Å²) in [5.41, 5.74) is 2.04. The van der Waals surface area contributed by atoms with Crippen molar-refractivity contribution in [3.63, 3.8) is 0 Å². The number of imide groups is 1. The first kappa shape index (κ1) is 18.7. The van der Waals surface area contributed by atoms with Crippen molar-refractivity contribution < 1.29 is 23.9 Å². The minimum Gasteiger partial charge on any atom is -0.454 e. The molecular weight excluding hydrogens is 384 g/mol. The van der Waals surface area contributed by atoms with Gasteiger partial charge in [0.2, 0.25) is 12.7 Å². The van der Waals surface area contributed by atoms with Gasteiger partial charge in [-0.3, -0.25) is 19.3 Å². The summed E-state index contributed by atoms with van der Waals surface area (Å²) in [4.78, 5) is 40.6. The van der Waals surface area contributed by atoms with Crippen molar-refractivity contribution in [1.82, 2.24) is 9.80 Å². The number of hydrogen-bond acceptors (Lipinski definition) is 5. The molecule has 0 bridgehead atoms. The monoisotopic (exact) mass is 406 g/mol. The van der Waals surface area contributed by atoms with Crippen LogP contribution in [0, 0.1) is 0 Å². The van der Waals surface area contributed by atoms with Gasteiger partial charge in [-0.25, -0.2) is 0 Å². The van der Waals surface area contributed by atoms with Crippen molar-refractivity contribution in [3.8, 4) is 11.5 Å². The number of fused-ring (bicyclic) bond motifs is 2. The van der Waals surface area contributed by atoms with Crippen molar-refractivity contribution in [2.75, 3.05) is 26.4 Å².